The summed E-state index contributed by atoms with van der Waals surface area (Å²) in [4.78, 5) is 15.5. The maximum atomic E-state index is 11.2. The van der Waals surface area contributed by atoms with E-state index in [0.29, 0.717) is 6.54 Å². The molecule has 1 aromatic carbocycles. The summed E-state index contributed by atoms with van der Waals surface area (Å²) in [6, 6.07) is 9.99. The van der Waals surface area contributed by atoms with E-state index >= 15 is 0 Å². The first-order valence-electron chi connectivity index (χ1n) is 6.23. The highest BCUT2D eigenvalue weighted by molar-refractivity contribution is 8.15. The normalized spacial score (nSPS) is 20.3. The van der Waals surface area contributed by atoms with Crippen molar-refractivity contribution in [2.45, 2.75) is 39.0 Å². The molecule has 1 aromatic rings. The van der Waals surface area contributed by atoms with E-state index in [1.54, 1.807) is 0 Å². The number of thioether (sulfide) groups is 1. The van der Waals surface area contributed by atoms with Crippen molar-refractivity contribution in [3.8, 4) is 0 Å². The number of benzene rings is 1. The molecule has 1 N–H and O–H groups in total. The molecule has 98 valence electrons. The molecule has 1 heterocycles. The van der Waals surface area contributed by atoms with Gasteiger partial charge in [0, 0.05) is 0 Å². The van der Waals surface area contributed by atoms with Gasteiger partial charge in [-0.1, -0.05) is 62.4 Å². The van der Waals surface area contributed by atoms with E-state index in [4.69, 9.17) is 0 Å². The Morgan fingerprint density at radius 2 is 1.89 bits per heavy atom. The van der Waals surface area contributed by atoms with Crippen LogP contribution in [-0.2, 0) is 11.3 Å². The van der Waals surface area contributed by atoms with Crippen molar-refractivity contribution in [3.05, 3.63) is 35.9 Å². The Labute approximate surface area is 113 Å². The number of carbonyl (C=O) groups is 1. The average Bonchev–Trinajstić information content (AvgIpc) is 2.69. The molecule has 18 heavy (non-hydrogen) atoms. The van der Waals surface area contributed by atoms with E-state index in [1.807, 2.05) is 37.3 Å². The fourth-order valence-electron chi connectivity index (χ4n) is 1.28. The summed E-state index contributed by atoms with van der Waals surface area (Å²) >= 11 is 1.48. The number of hydrogen-bond acceptors (Lipinski definition) is 3. The number of carbonyl (C=O) groups excluding carboxylic acids is 1. The van der Waals surface area contributed by atoms with E-state index in [1.165, 1.54) is 18.2 Å². The number of rotatable bonds is 2. The van der Waals surface area contributed by atoms with Crippen molar-refractivity contribution in [2.24, 2.45) is 4.99 Å². The monoisotopic (exact) mass is 264 g/mol. The Morgan fingerprint density at radius 3 is 2.39 bits per heavy atom. The fraction of sp³-hybridized carbons (Fsp3) is 0.429. The molecule has 1 saturated heterocycles. The maximum Gasteiger partial charge on any atom is 0.239 e. The predicted octanol–water partition coefficient (Wildman–Crippen LogP) is 3.21. The number of nitrogens with zero attached hydrogens (tertiary/aromatic N) is 1. The van der Waals surface area contributed by atoms with Crippen LogP contribution in [0.2, 0.25) is 0 Å². The number of amides is 1. The third kappa shape index (κ3) is 4.92. The van der Waals surface area contributed by atoms with Gasteiger partial charge in [-0.25, -0.2) is 0 Å². The molecule has 1 fully saturated rings. The standard InChI is InChI=1S/C11H12N2OS.C3H8/c1-8-10(14)13-11(15-8)12-7-9-5-3-2-4-6-9;1-3-2/h2-6,8H,7H2,1H3,(H,12,13,14);3H2,1-2H3. The molecule has 1 unspecified atom stereocenters. The van der Waals surface area contributed by atoms with Crippen LogP contribution in [0.4, 0.5) is 0 Å². The SMILES string of the molecule is CC1SC(=NCc2ccccc2)NC1=O.CCC. The van der Waals surface area contributed by atoms with Crippen LogP contribution in [0.5, 0.6) is 0 Å². The lowest BCUT2D eigenvalue weighted by molar-refractivity contribution is -0.118. The Balaban J connectivity index is 0.000000492. The highest BCUT2D eigenvalue weighted by Crippen LogP contribution is 2.18. The van der Waals surface area contributed by atoms with E-state index in [9.17, 15) is 4.79 Å². The molecular weight excluding hydrogens is 244 g/mol. The predicted molar refractivity (Wildman–Crippen MR) is 78.7 cm³/mol. The zero-order chi connectivity index (χ0) is 13.4. The summed E-state index contributed by atoms with van der Waals surface area (Å²) in [6.45, 7) is 6.75. The van der Waals surface area contributed by atoms with Gasteiger partial charge in [0.2, 0.25) is 5.91 Å². The van der Waals surface area contributed by atoms with Crippen molar-refractivity contribution in [2.75, 3.05) is 0 Å². The molecular formula is C14H20N2OS. The molecule has 0 aliphatic carbocycles. The van der Waals surface area contributed by atoms with Crippen molar-refractivity contribution in [3.63, 3.8) is 0 Å². The van der Waals surface area contributed by atoms with Gasteiger partial charge in [0.25, 0.3) is 0 Å². The number of amidine groups is 1. The molecule has 0 aromatic heterocycles. The van der Waals surface area contributed by atoms with Crippen LogP contribution >= 0.6 is 11.8 Å². The van der Waals surface area contributed by atoms with Gasteiger partial charge in [0.1, 0.15) is 0 Å². The van der Waals surface area contributed by atoms with E-state index in [2.05, 4.69) is 24.2 Å². The lowest BCUT2D eigenvalue weighted by Gasteiger charge is -1.97. The molecule has 0 saturated carbocycles. The summed E-state index contributed by atoms with van der Waals surface area (Å²) in [5.74, 6) is 0.0480. The minimum absolute atomic E-state index is 0.0143. The molecule has 1 atom stereocenters. The Kier molecular flexibility index (Phi) is 6.50. The lowest BCUT2D eigenvalue weighted by atomic mass is 10.2. The molecule has 2 rings (SSSR count). The van der Waals surface area contributed by atoms with Gasteiger partial charge >= 0.3 is 0 Å². The van der Waals surface area contributed by atoms with Gasteiger partial charge in [0.05, 0.1) is 11.8 Å². The largest absolute Gasteiger partial charge is 0.304 e. The molecule has 1 amide bonds. The van der Waals surface area contributed by atoms with E-state index in [-0.39, 0.29) is 11.2 Å². The van der Waals surface area contributed by atoms with Crippen molar-refractivity contribution in [1.82, 2.24) is 5.32 Å². The van der Waals surface area contributed by atoms with Gasteiger partial charge in [-0.3, -0.25) is 9.79 Å². The molecule has 0 spiro atoms. The first-order chi connectivity index (χ1) is 8.67. The molecule has 0 bridgehead atoms. The third-order valence-corrected chi connectivity index (χ3v) is 3.16. The fourth-order valence-corrected chi connectivity index (χ4v) is 2.08. The quantitative estimate of drug-likeness (QED) is 0.891. The minimum Gasteiger partial charge on any atom is -0.304 e. The molecule has 4 heteroatoms. The second-order valence-electron chi connectivity index (χ2n) is 4.06. The molecule has 0 radical (unpaired) electrons. The van der Waals surface area contributed by atoms with Crippen molar-refractivity contribution >= 4 is 22.8 Å². The summed E-state index contributed by atoms with van der Waals surface area (Å²) in [6.07, 6.45) is 1.25. The van der Waals surface area contributed by atoms with E-state index < -0.39 is 0 Å². The topological polar surface area (TPSA) is 41.5 Å². The summed E-state index contributed by atoms with van der Waals surface area (Å²) < 4.78 is 0. The van der Waals surface area contributed by atoms with Gasteiger partial charge in [-0.05, 0) is 12.5 Å². The van der Waals surface area contributed by atoms with Crippen LogP contribution in [0.3, 0.4) is 0 Å². The minimum atomic E-state index is -0.0143. The van der Waals surface area contributed by atoms with Crippen LogP contribution < -0.4 is 5.32 Å². The van der Waals surface area contributed by atoms with Gasteiger partial charge < -0.3 is 5.32 Å². The van der Waals surface area contributed by atoms with Crippen LogP contribution in [0.1, 0.15) is 32.8 Å². The highest BCUT2D eigenvalue weighted by Gasteiger charge is 2.25. The molecule has 1 aliphatic rings. The zero-order valence-electron chi connectivity index (χ0n) is 11.1. The number of hydrogen-bond donors (Lipinski definition) is 1. The second kappa shape index (κ2) is 7.93. The second-order valence-corrected chi connectivity index (χ2v) is 5.39. The van der Waals surface area contributed by atoms with Crippen LogP contribution in [-0.4, -0.2) is 16.3 Å². The number of nitrogens with one attached hydrogen (secondary N) is 1. The smallest absolute Gasteiger partial charge is 0.239 e. The van der Waals surface area contributed by atoms with Gasteiger partial charge in [-0.2, -0.15) is 0 Å². The molecule has 3 nitrogen and oxygen atoms in total. The van der Waals surface area contributed by atoms with E-state index in [0.717, 1.165) is 10.7 Å². The Bertz CT molecular complexity index is 404. The molecule has 1 aliphatic heterocycles. The summed E-state index contributed by atoms with van der Waals surface area (Å²) in [5, 5.41) is 3.47. The lowest BCUT2D eigenvalue weighted by Crippen LogP contribution is -2.23. The van der Waals surface area contributed by atoms with Gasteiger partial charge in [0.15, 0.2) is 5.17 Å². The van der Waals surface area contributed by atoms with Crippen molar-refractivity contribution < 1.29 is 4.79 Å². The first-order valence-corrected chi connectivity index (χ1v) is 7.11. The first kappa shape index (κ1) is 14.8. The Hall–Kier alpha value is -1.29. The maximum absolute atomic E-state index is 11.2. The Morgan fingerprint density at radius 1 is 1.28 bits per heavy atom. The van der Waals surface area contributed by atoms with Crippen LogP contribution in [0, 0.1) is 0 Å². The summed E-state index contributed by atoms with van der Waals surface area (Å²) in [7, 11) is 0. The number of aliphatic imine (C=N–C) groups is 1. The van der Waals surface area contributed by atoms with Crippen LogP contribution in [0.25, 0.3) is 0 Å². The van der Waals surface area contributed by atoms with Gasteiger partial charge in [-0.15, -0.1) is 0 Å². The summed E-state index contributed by atoms with van der Waals surface area (Å²) in [5.41, 5.74) is 1.15. The third-order valence-electron chi connectivity index (χ3n) is 2.14. The van der Waals surface area contributed by atoms with Crippen LogP contribution in [0.15, 0.2) is 35.3 Å². The highest BCUT2D eigenvalue weighted by atomic mass is 32.2. The van der Waals surface area contributed by atoms with Crippen molar-refractivity contribution in [1.29, 1.82) is 0 Å². The average molecular weight is 264 g/mol. The zero-order valence-corrected chi connectivity index (χ0v) is 12.0.